The molecule has 0 radical (unpaired) electrons. The molecule has 1 amide bonds. The third-order valence-electron chi connectivity index (χ3n) is 4.48. The SMILES string of the molecule is CC(C)COc1cccc(C(=O)Nc2ccc3oc(-c4cc(Cl)ccc4Cl)nc3c2)c1. The lowest BCUT2D eigenvalue weighted by Gasteiger charge is -2.10. The van der Waals surface area contributed by atoms with Crippen LogP contribution >= 0.6 is 23.2 Å². The van der Waals surface area contributed by atoms with Crippen LogP contribution in [0.4, 0.5) is 5.69 Å². The Hall–Kier alpha value is -3.02. The second kappa shape index (κ2) is 9.00. The highest BCUT2D eigenvalue weighted by Crippen LogP contribution is 2.33. The second-order valence-electron chi connectivity index (χ2n) is 7.51. The smallest absolute Gasteiger partial charge is 0.255 e. The normalized spacial score (nSPS) is 11.1. The van der Waals surface area contributed by atoms with Gasteiger partial charge in [0.2, 0.25) is 5.89 Å². The number of halogens is 2. The van der Waals surface area contributed by atoms with Gasteiger partial charge >= 0.3 is 0 Å². The van der Waals surface area contributed by atoms with Crippen LogP contribution in [0.15, 0.2) is 65.1 Å². The maximum Gasteiger partial charge on any atom is 0.255 e. The van der Waals surface area contributed by atoms with Crippen LogP contribution < -0.4 is 10.1 Å². The highest BCUT2D eigenvalue weighted by Gasteiger charge is 2.14. The number of carbonyl (C=O) groups is 1. The van der Waals surface area contributed by atoms with Gasteiger partial charge in [-0.3, -0.25) is 4.79 Å². The molecule has 0 aliphatic heterocycles. The fraction of sp³-hybridized carbons (Fsp3) is 0.167. The molecule has 1 heterocycles. The summed E-state index contributed by atoms with van der Waals surface area (Å²) in [6, 6.07) is 17.5. The van der Waals surface area contributed by atoms with Crippen molar-refractivity contribution in [2.75, 3.05) is 11.9 Å². The Labute approximate surface area is 189 Å². The minimum atomic E-state index is -0.240. The van der Waals surface area contributed by atoms with E-state index in [4.69, 9.17) is 32.4 Å². The first-order valence-electron chi connectivity index (χ1n) is 9.79. The van der Waals surface area contributed by atoms with Gasteiger partial charge in [0, 0.05) is 16.3 Å². The molecule has 31 heavy (non-hydrogen) atoms. The maximum absolute atomic E-state index is 12.7. The summed E-state index contributed by atoms with van der Waals surface area (Å²) < 4.78 is 11.5. The zero-order chi connectivity index (χ0) is 22.0. The summed E-state index contributed by atoms with van der Waals surface area (Å²) in [5, 5.41) is 3.91. The molecule has 0 aliphatic rings. The Morgan fingerprint density at radius 2 is 1.94 bits per heavy atom. The zero-order valence-corrected chi connectivity index (χ0v) is 18.5. The minimum Gasteiger partial charge on any atom is -0.493 e. The Bertz CT molecular complexity index is 1250. The molecule has 1 aromatic heterocycles. The molecule has 0 saturated heterocycles. The second-order valence-corrected chi connectivity index (χ2v) is 8.36. The molecule has 5 nitrogen and oxygen atoms in total. The molecule has 158 valence electrons. The van der Waals surface area contributed by atoms with Crippen molar-refractivity contribution < 1.29 is 13.9 Å². The number of carbonyl (C=O) groups excluding carboxylic acids is 1. The molecule has 0 bridgehead atoms. The molecule has 3 aromatic carbocycles. The average molecular weight is 455 g/mol. The zero-order valence-electron chi connectivity index (χ0n) is 17.0. The van der Waals surface area contributed by atoms with Crippen LogP contribution in [0.5, 0.6) is 5.75 Å². The number of aromatic nitrogens is 1. The van der Waals surface area contributed by atoms with Crippen molar-refractivity contribution in [2.45, 2.75) is 13.8 Å². The van der Waals surface area contributed by atoms with E-state index in [2.05, 4.69) is 24.1 Å². The van der Waals surface area contributed by atoms with E-state index in [1.165, 1.54) is 0 Å². The van der Waals surface area contributed by atoms with Crippen LogP contribution in [0, 0.1) is 5.92 Å². The van der Waals surface area contributed by atoms with E-state index in [9.17, 15) is 4.79 Å². The number of fused-ring (bicyclic) bond motifs is 1. The average Bonchev–Trinajstić information content (AvgIpc) is 3.17. The first-order chi connectivity index (χ1) is 14.9. The quantitative estimate of drug-likeness (QED) is 0.337. The number of rotatable bonds is 6. The van der Waals surface area contributed by atoms with Crippen molar-refractivity contribution in [3.05, 3.63) is 76.3 Å². The van der Waals surface area contributed by atoms with E-state index in [1.807, 2.05) is 6.07 Å². The van der Waals surface area contributed by atoms with Gasteiger partial charge in [0.05, 0.1) is 17.2 Å². The van der Waals surface area contributed by atoms with Gasteiger partial charge in [-0.05, 0) is 60.5 Å². The number of nitrogens with one attached hydrogen (secondary N) is 1. The lowest BCUT2D eigenvalue weighted by molar-refractivity contribution is 0.102. The standard InChI is InChI=1S/C24H20Cl2N2O3/c1-14(2)13-30-18-5-3-4-15(10-18)23(29)27-17-7-9-22-21(12-17)28-24(31-22)19-11-16(25)6-8-20(19)26/h3-12,14H,13H2,1-2H3,(H,27,29). The summed E-state index contributed by atoms with van der Waals surface area (Å²) in [7, 11) is 0. The molecule has 4 aromatic rings. The molecule has 0 fully saturated rings. The predicted molar refractivity (Wildman–Crippen MR) is 124 cm³/mol. The van der Waals surface area contributed by atoms with Gasteiger partial charge in [0.15, 0.2) is 5.58 Å². The lowest BCUT2D eigenvalue weighted by Crippen LogP contribution is -2.12. The largest absolute Gasteiger partial charge is 0.493 e. The van der Waals surface area contributed by atoms with Crippen LogP contribution in [0.2, 0.25) is 10.0 Å². The summed E-state index contributed by atoms with van der Waals surface area (Å²) in [4.78, 5) is 17.2. The van der Waals surface area contributed by atoms with Crippen LogP contribution in [-0.4, -0.2) is 17.5 Å². The van der Waals surface area contributed by atoms with Crippen LogP contribution in [0.1, 0.15) is 24.2 Å². The van der Waals surface area contributed by atoms with Crippen molar-refractivity contribution in [1.29, 1.82) is 0 Å². The van der Waals surface area contributed by atoms with Gasteiger partial charge in [-0.2, -0.15) is 0 Å². The van der Waals surface area contributed by atoms with Crippen LogP contribution in [-0.2, 0) is 0 Å². The van der Waals surface area contributed by atoms with Crippen molar-refractivity contribution in [1.82, 2.24) is 4.98 Å². The minimum absolute atomic E-state index is 0.240. The third-order valence-corrected chi connectivity index (χ3v) is 5.05. The molecular weight excluding hydrogens is 435 g/mol. The Morgan fingerprint density at radius 1 is 1.10 bits per heavy atom. The molecule has 7 heteroatoms. The molecule has 0 aliphatic carbocycles. The van der Waals surface area contributed by atoms with Crippen LogP contribution in [0.25, 0.3) is 22.6 Å². The van der Waals surface area contributed by atoms with Crippen LogP contribution in [0.3, 0.4) is 0 Å². The summed E-state index contributed by atoms with van der Waals surface area (Å²) in [5.41, 5.74) is 2.89. The van der Waals surface area contributed by atoms with E-state index >= 15 is 0 Å². The molecule has 0 spiro atoms. The van der Waals surface area contributed by atoms with Gasteiger partial charge in [-0.15, -0.1) is 0 Å². The number of anilines is 1. The van der Waals surface area contributed by atoms with E-state index in [0.717, 1.165) is 0 Å². The van der Waals surface area contributed by atoms with Crippen molar-refractivity contribution in [2.24, 2.45) is 5.92 Å². The van der Waals surface area contributed by atoms with E-state index < -0.39 is 0 Å². The maximum atomic E-state index is 12.7. The number of benzene rings is 3. The third kappa shape index (κ3) is 5.01. The van der Waals surface area contributed by atoms with Crippen molar-refractivity contribution >= 4 is 45.9 Å². The molecular formula is C24H20Cl2N2O3. The van der Waals surface area contributed by atoms with Gasteiger partial charge in [0.1, 0.15) is 11.3 Å². The fourth-order valence-electron chi connectivity index (χ4n) is 2.98. The summed E-state index contributed by atoms with van der Waals surface area (Å²) in [6.45, 7) is 4.73. The van der Waals surface area contributed by atoms with E-state index in [1.54, 1.807) is 54.6 Å². The molecule has 1 N–H and O–H groups in total. The number of oxazole rings is 1. The van der Waals surface area contributed by atoms with Gasteiger partial charge in [-0.1, -0.05) is 43.1 Å². The summed E-state index contributed by atoms with van der Waals surface area (Å²) >= 11 is 12.3. The first kappa shape index (κ1) is 21.2. The molecule has 0 saturated carbocycles. The van der Waals surface area contributed by atoms with E-state index in [-0.39, 0.29) is 5.91 Å². The number of hydrogen-bond acceptors (Lipinski definition) is 4. The first-order valence-corrected chi connectivity index (χ1v) is 10.5. The highest BCUT2D eigenvalue weighted by molar-refractivity contribution is 6.35. The Morgan fingerprint density at radius 3 is 2.74 bits per heavy atom. The number of ether oxygens (including phenoxy) is 1. The topological polar surface area (TPSA) is 64.4 Å². The number of nitrogens with zero attached hydrogens (tertiary/aromatic N) is 1. The molecule has 0 unspecified atom stereocenters. The molecule has 0 atom stereocenters. The Kier molecular flexibility index (Phi) is 6.16. The highest BCUT2D eigenvalue weighted by atomic mass is 35.5. The number of hydrogen-bond donors (Lipinski definition) is 1. The Balaban J connectivity index is 1.55. The summed E-state index contributed by atoms with van der Waals surface area (Å²) in [5.74, 6) is 1.19. The fourth-order valence-corrected chi connectivity index (χ4v) is 3.35. The van der Waals surface area contributed by atoms with Gasteiger partial charge < -0.3 is 14.5 Å². The monoisotopic (exact) mass is 454 g/mol. The lowest BCUT2D eigenvalue weighted by atomic mass is 10.2. The number of amides is 1. The molecule has 4 rings (SSSR count). The van der Waals surface area contributed by atoms with Gasteiger partial charge in [0.25, 0.3) is 5.91 Å². The van der Waals surface area contributed by atoms with Crippen molar-refractivity contribution in [3.8, 4) is 17.2 Å². The summed E-state index contributed by atoms with van der Waals surface area (Å²) in [6.07, 6.45) is 0. The van der Waals surface area contributed by atoms with Crippen molar-refractivity contribution in [3.63, 3.8) is 0 Å². The van der Waals surface area contributed by atoms with Gasteiger partial charge in [-0.25, -0.2) is 4.98 Å². The predicted octanol–water partition coefficient (Wildman–Crippen LogP) is 7.09. The van der Waals surface area contributed by atoms with E-state index in [0.29, 0.717) is 62.1 Å².